The molecule has 2 rings (SSSR count). The number of carbonyl (C=O) groups is 2. The van der Waals surface area contributed by atoms with Crippen LogP contribution in [0.25, 0.3) is 6.08 Å². The molecule has 0 saturated carbocycles. The Kier molecular flexibility index (Phi) is 6.14. The van der Waals surface area contributed by atoms with Gasteiger partial charge in [0, 0.05) is 0 Å². The number of esters is 2. The van der Waals surface area contributed by atoms with E-state index in [0.717, 1.165) is 5.56 Å². The summed E-state index contributed by atoms with van der Waals surface area (Å²) in [6.07, 6.45) is 1.52. The highest BCUT2D eigenvalue weighted by atomic mass is 16.6. The van der Waals surface area contributed by atoms with Crippen molar-refractivity contribution in [3.63, 3.8) is 0 Å². The van der Waals surface area contributed by atoms with Crippen molar-refractivity contribution in [2.45, 2.75) is 6.42 Å². The molecule has 0 aliphatic carbocycles. The van der Waals surface area contributed by atoms with Crippen LogP contribution in [0.15, 0.2) is 60.4 Å². The largest absolute Gasteiger partial charge is 0.497 e. The first kappa shape index (κ1) is 17.3. The van der Waals surface area contributed by atoms with Crippen LogP contribution < -0.4 is 4.74 Å². The highest BCUT2D eigenvalue weighted by Gasteiger charge is 2.16. The van der Waals surface area contributed by atoms with Gasteiger partial charge >= 0.3 is 11.9 Å². The van der Waals surface area contributed by atoms with Gasteiger partial charge in [0.2, 0.25) is 5.76 Å². The van der Waals surface area contributed by atoms with Gasteiger partial charge < -0.3 is 14.2 Å². The summed E-state index contributed by atoms with van der Waals surface area (Å²) in [5.41, 5.74) is 1.49. The quantitative estimate of drug-likeness (QED) is 0.464. The molecule has 0 atom stereocenters. The first-order valence-electron chi connectivity index (χ1n) is 7.31. The molecule has 2 aromatic rings. The van der Waals surface area contributed by atoms with Gasteiger partial charge in [0.1, 0.15) is 5.75 Å². The van der Waals surface area contributed by atoms with E-state index in [0.29, 0.717) is 11.3 Å². The smallest absolute Gasteiger partial charge is 0.374 e. The maximum absolute atomic E-state index is 12.0. The zero-order valence-electron chi connectivity index (χ0n) is 13.5. The minimum Gasteiger partial charge on any atom is -0.497 e. The number of hydrogen-bond donors (Lipinski definition) is 0. The minimum absolute atomic E-state index is 0.0672. The molecular formula is C19H18O5. The first-order valence-corrected chi connectivity index (χ1v) is 7.31. The van der Waals surface area contributed by atoms with E-state index in [9.17, 15) is 9.59 Å². The third-order valence-corrected chi connectivity index (χ3v) is 3.22. The molecule has 0 unspecified atom stereocenters. The second-order valence-electron chi connectivity index (χ2n) is 4.91. The Labute approximate surface area is 140 Å². The Morgan fingerprint density at radius 3 is 2.21 bits per heavy atom. The van der Waals surface area contributed by atoms with Gasteiger partial charge in [-0.3, -0.25) is 4.79 Å². The molecule has 0 spiro atoms. The highest BCUT2D eigenvalue weighted by Crippen LogP contribution is 2.15. The molecule has 0 heterocycles. The fraction of sp³-hybridized carbons (Fsp3) is 0.158. The van der Waals surface area contributed by atoms with Crippen molar-refractivity contribution in [1.82, 2.24) is 0 Å². The van der Waals surface area contributed by atoms with E-state index < -0.39 is 11.9 Å². The summed E-state index contributed by atoms with van der Waals surface area (Å²) in [6.45, 7) is 0. The maximum Gasteiger partial charge on any atom is 0.374 e. The van der Waals surface area contributed by atoms with Gasteiger partial charge in [-0.1, -0.05) is 42.5 Å². The Bertz CT molecular complexity index is 717. The van der Waals surface area contributed by atoms with Crippen LogP contribution in [0.3, 0.4) is 0 Å². The van der Waals surface area contributed by atoms with E-state index in [2.05, 4.69) is 4.74 Å². The first-order chi connectivity index (χ1) is 11.6. The molecule has 24 heavy (non-hydrogen) atoms. The van der Waals surface area contributed by atoms with Crippen molar-refractivity contribution in [2.24, 2.45) is 0 Å². The van der Waals surface area contributed by atoms with Gasteiger partial charge in [-0.25, -0.2) is 4.79 Å². The molecule has 124 valence electrons. The van der Waals surface area contributed by atoms with Crippen molar-refractivity contribution >= 4 is 18.0 Å². The van der Waals surface area contributed by atoms with Crippen LogP contribution in [-0.2, 0) is 25.5 Å². The van der Waals surface area contributed by atoms with Crippen LogP contribution >= 0.6 is 0 Å². The molecule has 0 aliphatic rings. The van der Waals surface area contributed by atoms with Crippen LogP contribution in [0, 0.1) is 0 Å². The Morgan fingerprint density at radius 1 is 0.958 bits per heavy atom. The molecule has 0 saturated heterocycles. The number of ether oxygens (including phenoxy) is 3. The SMILES string of the molecule is COC(=O)/C(=C/c1ccc(OC)cc1)OC(=O)Cc1ccccc1. The molecule has 0 N–H and O–H groups in total. The summed E-state index contributed by atoms with van der Waals surface area (Å²) in [5.74, 6) is -0.727. The predicted octanol–water partition coefficient (Wildman–Crippen LogP) is 3.00. The molecule has 5 nitrogen and oxygen atoms in total. The fourth-order valence-corrected chi connectivity index (χ4v) is 2.00. The fourth-order valence-electron chi connectivity index (χ4n) is 2.00. The van der Waals surface area contributed by atoms with Gasteiger partial charge in [-0.15, -0.1) is 0 Å². The lowest BCUT2D eigenvalue weighted by atomic mass is 10.1. The Hall–Kier alpha value is -3.08. The van der Waals surface area contributed by atoms with Crippen LogP contribution in [0.4, 0.5) is 0 Å². The monoisotopic (exact) mass is 326 g/mol. The standard InChI is InChI=1S/C19H18O5/c1-22-16-10-8-15(9-11-16)12-17(19(21)23-2)24-18(20)13-14-6-4-3-5-7-14/h3-12H,13H2,1-2H3/b17-12-. The maximum atomic E-state index is 12.0. The lowest BCUT2D eigenvalue weighted by Gasteiger charge is -2.08. The lowest BCUT2D eigenvalue weighted by Crippen LogP contribution is -2.14. The third kappa shape index (κ3) is 4.98. The zero-order valence-corrected chi connectivity index (χ0v) is 13.5. The summed E-state index contributed by atoms with van der Waals surface area (Å²) < 4.78 is 14.9. The summed E-state index contributed by atoms with van der Waals surface area (Å²) in [4.78, 5) is 23.9. The van der Waals surface area contributed by atoms with Gasteiger partial charge in [-0.05, 0) is 29.3 Å². The summed E-state index contributed by atoms with van der Waals surface area (Å²) in [5, 5.41) is 0. The van der Waals surface area contributed by atoms with Crippen LogP contribution in [0.5, 0.6) is 5.75 Å². The second kappa shape index (κ2) is 8.53. The van der Waals surface area contributed by atoms with Crippen LogP contribution in [0.1, 0.15) is 11.1 Å². The topological polar surface area (TPSA) is 61.8 Å². The molecular weight excluding hydrogens is 308 g/mol. The lowest BCUT2D eigenvalue weighted by molar-refractivity contribution is -0.149. The average molecular weight is 326 g/mol. The average Bonchev–Trinajstić information content (AvgIpc) is 2.62. The van der Waals surface area contributed by atoms with E-state index >= 15 is 0 Å². The summed E-state index contributed by atoms with van der Waals surface area (Å²) in [7, 11) is 2.80. The molecule has 0 radical (unpaired) electrons. The van der Waals surface area contributed by atoms with Gasteiger partial charge in [0.25, 0.3) is 0 Å². The summed E-state index contributed by atoms with van der Waals surface area (Å²) in [6, 6.07) is 16.1. The number of carbonyl (C=O) groups excluding carboxylic acids is 2. The zero-order chi connectivity index (χ0) is 17.4. The van der Waals surface area contributed by atoms with Crippen molar-refractivity contribution in [3.8, 4) is 5.75 Å². The molecule has 2 aromatic carbocycles. The van der Waals surface area contributed by atoms with E-state index in [1.54, 1.807) is 31.4 Å². The Balaban J connectivity index is 2.14. The summed E-state index contributed by atoms with van der Waals surface area (Å²) >= 11 is 0. The van der Waals surface area contributed by atoms with Crippen LogP contribution in [-0.4, -0.2) is 26.2 Å². The predicted molar refractivity (Wildman–Crippen MR) is 89.2 cm³/mol. The second-order valence-corrected chi connectivity index (χ2v) is 4.91. The van der Waals surface area contributed by atoms with Crippen molar-refractivity contribution in [1.29, 1.82) is 0 Å². The van der Waals surface area contributed by atoms with Crippen molar-refractivity contribution in [2.75, 3.05) is 14.2 Å². The molecule has 0 amide bonds. The molecule has 0 aromatic heterocycles. The number of rotatable bonds is 6. The van der Waals surface area contributed by atoms with Gasteiger partial charge in [0.15, 0.2) is 0 Å². The van der Waals surface area contributed by atoms with Crippen molar-refractivity contribution in [3.05, 3.63) is 71.5 Å². The molecule has 0 fully saturated rings. The molecule has 0 aliphatic heterocycles. The van der Waals surface area contributed by atoms with E-state index in [-0.39, 0.29) is 12.2 Å². The molecule has 5 heteroatoms. The Morgan fingerprint density at radius 2 is 1.62 bits per heavy atom. The van der Waals surface area contributed by atoms with E-state index in [4.69, 9.17) is 9.47 Å². The van der Waals surface area contributed by atoms with Gasteiger partial charge in [0.05, 0.1) is 20.6 Å². The number of hydrogen-bond acceptors (Lipinski definition) is 5. The number of benzene rings is 2. The van der Waals surface area contributed by atoms with Crippen molar-refractivity contribution < 1.29 is 23.8 Å². The van der Waals surface area contributed by atoms with Crippen LogP contribution in [0.2, 0.25) is 0 Å². The third-order valence-electron chi connectivity index (χ3n) is 3.22. The number of methoxy groups -OCH3 is 2. The molecule has 0 bridgehead atoms. The van der Waals surface area contributed by atoms with E-state index in [1.165, 1.54) is 13.2 Å². The van der Waals surface area contributed by atoms with E-state index in [1.807, 2.05) is 30.3 Å². The minimum atomic E-state index is -0.716. The highest BCUT2D eigenvalue weighted by molar-refractivity contribution is 5.94. The van der Waals surface area contributed by atoms with Gasteiger partial charge in [-0.2, -0.15) is 0 Å². The normalized spacial score (nSPS) is 10.8.